The number of nitrogens with one attached hydrogen (secondary N) is 3. The summed E-state index contributed by atoms with van der Waals surface area (Å²) in [5.74, 6) is -1.32. The van der Waals surface area contributed by atoms with Crippen LogP contribution in [0.4, 0.5) is 21.6 Å². The molecular weight excluding hydrogens is 437 g/mol. The molecule has 0 radical (unpaired) electrons. The van der Waals surface area contributed by atoms with E-state index in [1.54, 1.807) is 24.3 Å². The van der Waals surface area contributed by atoms with E-state index in [0.717, 1.165) is 19.0 Å². The molecule has 2 aromatic rings. The lowest BCUT2D eigenvalue weighted by atomic mass is 9.77. The molecule has 0 spiro atoms. The third-order valence-electron chi connectivity index (χ3n) is 6.35. The molecule has 32 heavy (non-hydrogen) atoms. The molecule has 2 fully saturated rings. The highest BCUT2D eigenvalue weighted by atomic mass is 35.5. The quantitative estimate of drug-likeness (QED) is 0.296. The number of carbonyl (C=O) groups excluding carboxylic acids is 2. The van der Waals surface area contributed by atoms with Gasteiger partial charge in [-0.15, -0.1) is 0 Å². The van der Waals surface area contributed by atoms with Gasteiger partial charge in [0.05, 0.1) is 18.7 Å². The zero-order valence-corrected chi connectivity index (χ0v) is 18.0. The van der Waals surface area contributed by atoms with E-state index in [1.165, 1.54) is 0 Å². The van der Waals surface area contributed by atoms with Crippen molar-refractivity contribution < 1.29 is 14.0 Å². The van der Waals surface area contributed by atoms with Gasteiger partial charge >= 0.3 is 0 Å². The minimum atomic E-state index is -0.645. The molecule has 1 aromatic heterocycles. The average molecular weight is 462 g/mol. The van der Waals surface area contributed by atoms with Gasteiger partial charge in [0, 0.05) is 17.4 Å². The zero-order chi connectivity index (χ0) is 22.8. The van der Waals surface area contributed by atoms with Crippen molar-refractivity contribution in [3.05, 3.63) is 41.6 Å². The Bertz CT molecular complexity index is 1020. The molecule has 1 aromatic carbocycles. The van der Waals surface area contributed by atoms with Crippen LogP contribution in [0.15, 0.2) is 30.5 Å². The Kier molecular flexibility index (Phi) is 6.43. The number of hydrogen-bond acceptors (Lipinski definition) is 7. The largest absolute Gasteiger partial charge is 0.399 e. The monoisotopic (exact) mass is 461 g/mol. The van der Waals surface area contributed by atoms with Crippen LogP contribution in [-0.2, 0) is 9.59 Å². The maximum atomic E-state index is 14.2. The van der Waals surface area contributed by atoms with E-state index in [1.807, 2.05) is 0 Å². The molecular formula is C21H25ClFN7O2. The second kappa shape index (κ2) is 9.25. The fourth-order valence-corrected chi connectivity index (χ4v) is 5.27. The number of fused-ring (bicyclic) bond motifs is 2. The van der Waals surface area contributed by atoms with E-state index in [-0.39, 0.29) is 47.3 Å². The molecule has 2 saturated carbocycles. The predicted octanol–water partition coefficient (Wildman–Crippen LogP) is 1.62. The lowest BCUT2D eigenvalue weighted by molar-refractivity contribution is -0.123. The normalized spacial score (nSPS) is 26.1. The van der Waals surface area contributed by atoms with E-state index in [0.29, 0.717) is 17.9 Å². The van der Waals surface area contributed by atoms with Gasteiger partial charge in [-0.1, -0.05) is 6.07 Å². The van der Waals surface area contributed by atoms with E-state index < -0.39 is 17.6 Å². The van der Waals surface area contributed by atoms with Gasteiger partial charge in [-0.2, -0.15) is 4.98 Å². The molecule has 0 saturated heterocycles. The van der Waals surface area contributed by atoms with Crippen molar-refractivity contribution in [3.8, 4) is 0 Å². The Morgan fingerprint density at radius 2 is 2.09 bits per heavy atom. The van der Waals surface area contributed by atoms with Crippen LogP contribution in [0.1, 0.15) is 12.8 Å². The van der Waals surface area contributed by atoms with Gasteiger partial charge in [-0.05, 0) is 66.9 Å². The number of halogens is 2. The molecule has 1 heterocycles. The molecule has 5 atom stereocenters. The van der Waals surface area contributed by atoms with Crippen molar-refractivity contribution >= 4 is 40.6 Å². The Balaban J connectivity index is 1.36. The minimum Gasteiger partial charge on any atom is -0.399 e. The van der Waals surface area contributed by atoms with Gasteiger partial charge < -0.3 is 27.4 Å². The van der Waals surface area contributed by atoms with Gasteiger partial charge in [-0.3, -0.25) is 9.59 Å². The van der Waals surface area contributed by atoms with E-state index in [2.05, 4.69) is 25.9 Å². The number of aromatic nitrogens is 2. The van der Waals surface area contributed by atoms with Crippen LogP contribution in [0, 0.1) is 29.5 Å². The molecule has 2 bridgehead atoms. The lowest BCUT2D eigenvalue weighted by Crippen LogP contribution is -2.47. The summed E-state index contributed by atoms with van der Waals surface area (Å²) in [5.41, 5.74) is 12.6. The van der Waals surface area contributed by atoms with Crippen molar-refractivity contribution in [2.75, 3.05) is 29.5 Å². The van der Waals surface area contributed by atoms with Gasteiger partial charge in [0.2, 0.25) is 17.1 Å². The number of rotatable bonds is 8. The SMILES string of the molecule is NC(=O)[C@H]1[C@@H]2C[C@@H](CNCC(=O)Nc3cccc(N)c3)[C@@H](C2)[C@H]1Nc1nc(Cl)ncc1F. The first-order valence-corrected chi connectivity index (χ1v) is 10.8. The Morgan fingerprint density at radius 1 is 1.28 bits per heavy atom. The predicted molar refractivity (Wildman–Crippen MR) is 119 cm³/mol. The summed E-state index contributed by atoms with van der Waals surface area (Å²) in [6.07, 6.45) is 2.60. The van der Waals surface area contributed by atoms with E-state index in [4.69, 9.17) is 23.1 Å². The summed E-state index contributed by atoms with van der Waals surface area (Å²) in [6.45, 7) is 0.721. The molecule has 4 rings (SSSR count). The average Bonchev–Trinajstić information content (AvgIpc) is 3.29. The number of amides is 2. The molecule has 0 aliphatic heterocycles. The second-order valence-electron chi connectivity index (χ2n) is 8.39. The van der Waals surface area contributed by atoms with Crippen LogP contribution in [0.2, 0.25) is 5.28 Å². The van der Waals surface area contributed by atoms with Crippen LogP contribution in [0.5, 0.6) is 0 Å². The fourth-order valence-electron chi connectivity index (χ4n) is 5.13. The maximum Gasteiger partial charge on any atom is 0.238 e. The van der Waals surface area contributed by atoms with Gasteiger partial charge in [0.1, 0.15) is 0 Å². The summed E-state index contributed by atoms with van der Waals surface area (Å²) in [6, 6.07) is 6.60. The van der Waals surface area contributed by atoms with Gasteiger partial charge in [0.25, 0.3) is 0 Å². The highest BCUT2D eigenvalue weighted by molar-refractivity contribution is 6.28. The summed E-state index contributed by atoms with van der Waals surface area (Å²) >= 11 is 5.80. The standard InChI is InChI=1S/C21H25ClFN7O2/c22-21-27-8-15(23)20(30-21)29-18-14-5-10(17(18)19(25)32)4-11(14)7-26-9-16(31)28-13-3-1-2-12(24)6-13/h1-3,6,8,10-11,14,17-18,26H,4-5,7,9,24H2,(H2,25,32)(H,28,31)(H,27,29,30)/t10-,11+,14-,17+,18-/m1/s1. The van der Waals surface area contributed by atoms with Crippen LogP contribution < -0.4 is 27.4 Å². The topological polar surface area (TPSA) is 148 Å². The zero-order valence-electron chi connectivity index (χ0n) is 17.2. The van der Waals surface area contributed by atoms with Gasteiger partial charge in [0.15, 0.2) is 11.6 Å². The number of anilines is 3. The third kappa shape index (κ3) is 4.76. The molecule has 7 N–H and O–H groups in total. The maximum absolute atomic E-state index is 14.2. The first-order chi connectivity index (χ1) is 15.3. The highest BCUT2D eigenvalue weighted by Gasteiger charge is 2.54. The molecule has 9 nitrogen and oxygen atoms in total. The van der Waals surface area contributed by atoms with Crippen LogP contribution >= 0.6 is 11.6 Å². The number of hydrogen-bond donors (Lipinski definition) is 5. The number of benzene rings is 1. The molecule has 2 amide bonds. The van der Waals surface area contributed by atoms with Crippen molar-refractivity contribution in [1.82, 2.24) is 15.3 Å². The molecule has 0 unspecified atom stereocenters. The smallest absolute Gasteiger partial charge is 0.238 e. The number of nitrogen functional groups attached to an aromatic ring is 1. The Hall–Kier alpha value is -2.98. The first-order valence-electron chi connectivity index (χ1n) is 10.4. The molecule has 2 aliphatic rings. The van der Waals surface area contributed by atoms with Crippen LogP contribution in [0.25, 0.3) is 0 Å². The van der Waals surface area contributed by atoms with Crippen molar-refractivity contribution in [1.29, 1.82) is 0 Å². The van der Waals surface area contributed by atoms with Crippen LogP contribution in [0.3, 0.4) is 0 Å². The Labute approximate surface area is 189 Å². The number of nitrogens with two attached hydrogens (primary N) is 2. The van der Waals surface area contributed by atoms with E-state index >= 15 is 0 Å². The third-order valence-corrected chi connectivity index (χ3v) is 6.53. The van der Waals surface area contributed by atoms with Crippen molar-refractivity contribution in [3.63, 3.8) is 0 Å². The summed E-state index contributed by atoms with van der Waals surface area (Å²) < 4.78 is 14.2. The highest BCUT2D eigenvalue weighted by Crippen LogP contribution is 2.52. The molecule has 11 heteroatoms. The number of nitrogens with zero attached hydrogens (tertiary/aromatic N) is 2. The van der Waals surface area contributed by atoms with Crippen LogP contribution in [-0.4, -0.2) is 40.9 Å². The molecule has 170 valence electrons. The second-order valence-corrected chi connectivity index (χ2v) is 8.73. The summed E-state index contributed by atoms with van der Waals surface area (Å²) in [5, 5.41) is 8.95. The van der Waals surface area contributed by atoms with E-state index in [9.17, 15) is 14.0 Å². The summed E-state index contributed by atoms with van der Waals surface area (Å²) in [4.78, 5) is 31.8. The molecule has 2 aliphatic carbocycles. The Morgan fingerprint density at radius 3 is 2.84 bits per heavy atom. The first kappa shape index (κ1) is 22.2. The fraction of sp³-hybridized carbons (Fsp3) is 0.429. The number of primary amides is 1. The van der Waals surface area contributed by atoms with Crippen molar-refractivity contribution in [2.45, 2.75) is 18.9 Å². The number of carbonyl (C=O) groups is 2. The summed E-state index contributed by atoms with van der Waals surface area (Å²) in [7, 11) is 0. The van der Waals surface area contributed by atoms with Crippen molar-refractivity contribution in [2.24, 2.45) is 29.4 Å². The lowest BCUT2D eigenvalue weighted by Gasteiger charge is -2.35. The minimum absolute atomic E-state index is 0.0398. The van der Waals surface area contributed by atoms with Gasteiger partial charge in [-0.25, -0.2) is 9.37 Å².